The van der Waals surface area contributed by atoms with Gasteiger partial charge < -0.3 is 0 Å². The predicted molar refractivity (Wildman–Crippen MR) is 112 cm³/mol. The van der Waals surface area contributed by atoms with Gasteiger partial charge in [0.15, 0.2) is 0 Å². The second-order valence-electron chi connectivity index (χ2n) is 6.53. The van der Waals surface area contributed by atoms with Crippen LogP contribution in [0, 0.1) is 18.3 Å². The molecular formula is C24H17N3O. The van der Waals surface area contributed by atoms with Gasteiger partial charge in [-0.05, 0) is 55.0 Å². The number of rotatable bonds is 3. The highest BCUT2D eigenvalue weighted by Crippen LogP contribution is 2.16. The van der Waals surface area contributed by atoms with Crippen LogP contribution >= 0.6 is 0 Å². The van der Waals surface area contributed by atoms with Gasteiger partial charge in [0.2, 0.25) is 0 Å². The Morgan fingerprint density at radius 3 is 2.36 bits per heavy atom. The van der Waals surface area contributed by atoms with Crippen molar-refractivity contribution in [3.8, 4) is 11.8 Å². The molecule has 0 aliphatic heterocycles. The Morgan fingerprint density at radius 2 is 1.64 bits per heavy atom. The van der Waals surface area contributed by atoms with E-state index >= 15 is 0 Å². The minimum Gasteiger partial charge on any atom is -0.268 e. The van der Waals surface area contributed by atoms with Gasteiger partial charge in [-0.1, -0.05) is 48.0 Å². The van der Waals surface area contributed by atoms with Crippen molar-refractivity contribution in [2.45, 2.75) is 6.92 Å². The molecule has 0 aliphatic carbocycles. The summed E-state index contributed by atoms with van der Waals surface area (Å²) in [5.41, 5.74) is 3.99. The van der Waals surface area contributed by atoms with Crippen LogP contribution in [-0.2, 0) is 0 Å². The van der Waals surface area contributed by atoms with Crippen molar-refractivity contribution in [1.29, 1.82) is 5.26 Å². The average molecular weight is 363 g/mol. The van der Waals surface area contributed by atoms with Crippen LogP contribution < -0.4 is 5.56 Å². The zero-order valence-electron chi connectivity index (χ0n) is 15.3. The molecule has 1 aromatic heterocycles. The van der Waals surface area contributed by atoms with Gasteiger partial charge in [-0.2, -0.15) is 5.26 Å². The average Bonchev–Trinajstić information content (AvgIpc) is 2.74. The molecule has 0 atom stereocenters. The Bertz CT molecular complexity index is 1270. The van der Waals surface area contributed by atoms with Crippen LogP contribution in [0.2, 0.25) is 0 Å². The molecule has 0 amide bonds. The Balaban J connectivity index is 1.89. The number of benzene rings is 3. The number of fused-ring (bicyclic) bond motifs is 1. The fourth-order valence-electron chi connectivity index (χ4n) is 3.04. The molecule has 4 rings (SSSR count). The molecule has 0 bridgehead atoms. The van der Waals surface area contributed by atoms with Crippen LogP contribution in [-0.4, -0.2) is 9.55 Å². The number of nitriles is 1. The molecule has 0 unspecified atom stereocenters. The molecule has 4 nitrogen and oxygen atoms in total. The highest BCUT2D eigenvalue weighted by atomic mass is 16.1. The van der Waals surface area contributed by atoms with Crippen LogP contribution in [0.3, 0.4) is 0 Å². The van der Waals surface area contributed by atoms with Crippen molar-refractivity contribution < 1.29 is 0 Å². The first-order valence-corrected chi connectivity index (χ1v) is 8.93. The number of aromatic nitrogens is 2. The second kappa shape index (κ2) is 7.34. The Hall–Kier alpha value is -3.97. The first kappa shape index (κ1) is 17.4. The summed E-state index contributed by atoms with van der Waals surface area (Å²) in [6.45, 7) is 2.01. The van der Waals surface area contributed by atoms with E-state index in [4.69, 9.17) is 10.2 Å². The van der Waals surface area contributed by atoms with Gasteiger partial charge in [-0.3, -0.25) is 9.36 Å². The van der Waals surface area contributed by atoms with Gasteiger partial charge in [0.05, 0.1) is 28.2 Å². The fraction of sp³-hybridized carbons (Fsp3) is 0.0417. The van der Waals surface area contributed by atoms with Crippen molar-refractivity contribution in [3.63, 3.8) is 0 Å². The summed E-state index contributed by atoms with van der Waals surface area (Å²) in [4.78, 5) is 17.9. The lowest BCUT2D eigenvalue weighted by atomic mass is 10.1. The van der Waals surface area contributed by atoms with Crippen molar-refractivity contribution in [2.24, 2.45) is 0 Å². The van der Waals surface area contributed by atoms with Crippen molar-refractivity contribution in [1.82, 2.24) is 9.55 Å². The van der Waals surface area contributed by atoms with E-state index in [0.717, 1.165) is 16.8 Å². The highest BCUT2D eigenvalue weighted by molar-refractivity contribution is 5.80. The third-order valence-electron chi connectivity index (χ3n) is 4.56. The van der Waals surface area contributed by atoms with E-state index in [-0.39, 0.29) is 5.56 Å². The molecule has 134 valence electrons. The molecule has 1 heterocycles. The standard InChI is InChI=1S/C24H17N3O/c1-17-6-13-20(14-7-17)27-23(15-12-18-8-10-19(16-25)11-9-18)26-22-5-3-2-4-21(22)24(27)28/h2-15H,1H3. The van der Waals surface area contributed by atoms with Crippen molar-refractivity contribution >= 4 is 23.1 Å². The lowest BCUT2D eigenvalue weighted by molar-refractivity contribution is 0.943. The van der Waals surface area contributed by atoms with E-state index in [1.54, 1.807) is 22.8 Å². The maximum absolute atomic E-state index is 13.2. The lowest BCUT2D eigenvalue weighted by Gasteiger charge is -2.11. The summed E-state index contributed by atoms with van der Waals surface area (Å²) < 4.78 is 1.63. The third kappa shape index (κ3) is 3.34. The van der Waals surface area contributed by atoms with Gasteiger partial charge in [0.25, 0.3) is 5.56 Å². The molecule has 4 heteroatoms. The summed E-state index contributed by atoms with van der Waals surface area (Å²) in [7, 11) is 0. The smallest absolute Gasteiger partial charge is 0.266 e. The quantitative estimate of drug-likeness (QED) is 0.528. The summed E-state index contributed by atoms with van der Waals surface area (Å²) in [6, 6.07) is 24.5. The fourth-order valence-corrected chi connectivity index (χ4v) is 3.04. The maximum Gasteiger partial charge on any atom is 0.266 e. The SMILES string of the molecule is Cc1ccc(-n2c(C=Cc3ccc(C#N)cc3)nc3ccccc3c2=O)cc1. The molecule has 28 heavy (non-hydrogen) atoms. The zero-order chi connectivity index (χ0) is 19.5. The van der Waals surface area contributed by atoms with E-state index in [2.05, 4.69) is 6.07 Å². The van der Waals surface area contributed by atoms with E-state index in [9.17, 15) is 4.79 Å². The first-order chi connectivity index (χ1) is 13.7. The van der Waals surface area contributed by atoms with Crippen molar-refractivity contribution in [2.75, 3.05) is 0 Å². The van der Waals surface area contributed by atoms with Gasteiger partial charge in [-0.25, -0.2) is 4.98 Å². The topological polar surface area (TPSA) is 58.7 Å². The molecule has 0 aliphatic rings. The zero-order valence-corrected chi connectivity index (χ0v) is 15.3. The molecule has 4 aromatic rings. The van der Waals surface area contributed by atoms with Crippen LogP contribution in [0.15, 0.2) is 77.6 Å². The highest BCUT2D eigenvalue weighted by Gasteiger charge is 2.10. The largest absolute Gasteiger partial charge is 0.268 e. The van der Waals surface area contributed by atoms with E-state index in [1.807, 2.05) is 73.7 Å². The molecule has 0 fully saturated rings. The minimum absolute atomic E-state index is 0.103. The van der Waals surface area contributed by atoms with Crippen LogP contribution in [0.25, 0.3) is 28.7 Å². The molecule has 0 spiro atoms. The molecule has 3 aromatic carbocycles. The normalized spacial score (nSPS) is 11.0. The number of nitrogens with zero attached hydrogens (tertiary/aromatic N) is 3. The Morgan fingerprint density at radius 1 is 0.929 bits per heavy atom. The van der Waals surface area contributed by atoms with Crippen LogP contribution in [0.1, 0.15) is 22.5 Å². The molecule has 0 radical (unpaired) electrons. The Kier molecular flexibility index (Phi) is 4.57. The van der Waals surface area contributed by atoms with Crippen molar-refractivity contribution in [3.05, 3.63) is 106 Å². The van der Waals surface area contributed by atoms with Gasteiger partial charge >= 0.3 is 0 Å². The summed E-state index contributed by atoms with van der Waals surface area (Å²) in [5.74, 6) is 0.553. The lowest BCUT2D eigenvalue weighted by Crippen LogP contribution is -2.22. The van der Waals surface area contributed by atoms with Crippen LogP contribution in [0.4, 0.5) is 0 Å². The number of hydrogen-bond acceptors (Lipinski definition) is 3. The summed E-state index contributed by atoms with van der Waals surface area (Å²) in [5, 5.41) is 9.52. The number of hydrogen-bond donors (Lipinski definition) is 0. The van der Waals surface area contributed by atoms with Crippen LogP contribution in [0.5, 0.6) is 0 Å². The second-order valence-corrected chi connectivity index (χ2v) is 6.53. The monoisotopic (exact) mass is 363 g/mol. The molecule has 0 saturated heterocycles. The first-order valence-electron chi connectivity index (χ1n) is 8.93. The van der Waals surface area contributed by atoms with Gasteiger partial charge in [0, 0.05) is 0 Å². The number of aryl methyl sites for hydroxylation is 1. The van der Waals surface area contributed by atoms with E-state index in [1.165, 1.54) is 0 Å². The third-order valence-corrected chi connectivity index (χ3v) is 4.56. The minimum atomic E-state index is -0.103. The molecule has 0 saturated carbocycles. The molecule has 0 N–H and O–H groups in total. The van der Waals surface area contributed by atoms with Gasteiger partial charge in [0.1, 0.15) is 5.82 Å². The number of para-hydroxylation sites is 1. The molecular weight excluding hydrogens is 346 g/mol. The van der Waals surface area contributed by atoms with Gasteiger partial charge in [-0.15, -0.1) is 0 Å². The maximum atomic E-state index is 13.2. The Labute approximate surface area is 162 Å². The van der Waals surface area contributed by atoms with E-state index in [0.29, 0.717) is 22.3 Å². The summed E-state index contributed by atoms with van der Waals surface area (Å²) in [6.07, 6.45) is 3.72. The predicted octanol–water partition coefficient (Wildman–Crippen LogP) is 4.74. The van der Waals surface area contributed by atoms with E-state index < -0.39 is 0 Å². The summed E-state index contributed by atoms with van der Waals surface area (Å²) >= 11 is 0.